The maximum absolute atomic E-state index is 9.66. The first-order valence-electron chi connectivity index (χ1n) is 14.7. The highest BCUT2D eigenvalue weighted by molar-refractivity contribution is 5.98. The van der Waals surface area contributed by atoms with Gasteiger partial charge in [0.15, 0.2) is 0 Å². The fourth-order valence-electron chi connectivity index (χ4n) is 6.46. The number of fused-ring (bicyclic) bond motifs is 2. The van der Waals surface area contributed by atoms with Crippen molar-refractivity contribution in [2.75, 3.05) is 4.90 Å². The van der Waals surface area contributed by atoms with E-state index >= 15 is 0 Å². The van der Waals surface area contributed by atoms with Gasteiger partial charge in [-0.25, -0.2) is 10.1 Å². The van der Waals surface area contributed by atoms with Crippen LogP contribution in [0.1, 0.15) is 23.1 Å². The van der Waals surface area contributed by atoms with E-state index in [9.17, 15) is 5.26 Å². The number of hydrogen-bond acceptors (Lipinski definition) is 3. The molecule has 0 atom stereocenters. The Labute approximate surface area is 257 Å². The fraction of sp³-hybridized carbons (Fsp3) is 0.100. The molecule has 0 amide bonds. The first-order valence-corrected chi connectivity index (χ1v) is 14.7. The molecule has 4 heteroatoms. The van der Waals surface area contributed by atoms with Crippen LogP contribution in [0, 0.1) is 17.9 Å². The standard InChI is InChI=1S/C40H29N3O/c1-42-38(28-41)33-24-36(44-40(27-33)25-31-11-5-6-12-32(31)26-40)23-20-29-18-21-35(22-19-29)43(34-14-3-2-4-15-34)39-17-9-13-30-10-7-8-16-37(30)39/h2-24H,25-27H2. The molecule has 0 unspecified atom stereocenters. The average Bonchev–Trinajstić information content (AvgIpc) is 3.42. The number of nitrogens with zero attached hydrogens (tertiary/aromatic N) is 3. The van der Waals surface area contributed by atoms with Gasteiger partial charge in [0.05, 0.1) is 18.3 Å². The summed E-state index contributed by atoms with van der Waals surface area (Å²) in [6, 6.07) is 44.3. The number of nitriles is 1. The van der Waals surface area contributed by atoms with Crippen molar-refractivity contribution < 1.29 is 4.74 Å². The maximum atomic E-state index is 9.66. The summed E-state index contributed by atoms with van der Waals surface area (Å²) in [6.45, 7) is 7.56. The van der Waals surface area contributed by atoms with Crippen LogP contribution in [0.4, 0.5) is 17.1 Å². The van der Waals surface area contributed by atoms with Gasteiger partial charge in [-0.1, -0.05) is 97.1 Å². The summed E-state index contributed by atoms with van der Waals surface area (Å²) < 4.78 is 6.65. The smallest absolute Gasteiger partial charge is 0.265 e. The number of anilines is 3. The minimum atomic E-state index is -0.487. The molecular weight excluding hydrogens is 538 g/mol. The van der Waals surface area contributed by atoms with Gasteiger partial charge in [0.2, 0.25) is 0 Å². The van der Waals surface area contributed by atoms with Crippen LogP contribution < -0.4 is 4.90 Å². The molecule has 5 aromatic carbocycles. The first kappa shape index (κ1) is 27.0. The van der Waals surface area contributed by atoms with Gasteiger partial charge in [-0.3, -0.25) is 0 Å². The molecule has 44 heavy (non-hydrogen) atoms. The molecule has 0 fully saturated rings. The van der Waals surface area contributed by atoms with E-state index in [0.29, 0.717) is 12.2 Å². The van der Waals surface area contributed by atoms with E-state index in [2.05, 4.69) is 131 Å². The largest absolute Gasteiger partial charge is 0.486 e. The zero-order valence-electron chi connectivity index (χ0n) is 24.2. The van der Waals surface area contributed by atoms with Crippen molar-refractivity contribution in [2.45, 2.75) is 24.9 Å². The van der Waals surface area contributed by atoms with Crippen molar-refractivity contribution in [2.24, 2.45) is 0 Å². The number of allylic oxidation sites excluding steroid dienone is 3. The SMILES string of the molecule is [C-]#[N+]C(C#N)=C1C=C(C=Cc2ccc(N(c3ccccc3)c3cccc4ccccc34)cc2)OC2(C1)Cc1ccccc1C2. The summed E-state index contributed by atoms with van der Waals surface area (Å²) in [5.41, 5.74) is 7.21. The van der Waals surface area contributed by atoms with E-state index in [1.165, 1.54) is 21.9 Å². The Hall–Kier alpha value is -5.84. The van der Waals surface area contributed by atoms with Gasteiger partial charge >= 0.3 is 0 Å². The lowest BCUT2D eigenvalue weighted by atomic mass is 9.87. The molecule has 1 aliphatic heterocycles. The van der Waals surface area contributed by atoms with Gasteiger partial charge in [0.1, 0.15) is 11.4 Å². The molecule has 7 rings (SSSR count). The Morgan fingerprint density at radius 3 is 2.14 bits per heavy atom. The van der Waals surface area contributed by atoms with E-state index in [4.69, 9.17) is 11.3 Å². The van der Waals surface area contributed by atoms with E-state index in [0.717, 1.165) is 41.0 Å². The summed E-state index contributed by atoms with van der Waals surface area (Å²) in [7, 11) is 0. The highest BCUT2D eigenvalue weighted by atomic mass is 16.5. The van der Waals surface area contributed by atoms with E-state index in [1.54, 1.807) is 0 Å². The van der Waals surface area contributed by atoms with Crippen molar-refractivity contribution in [3.63, 3.8) is 0 Å². The van der Waals surface area contributed by atoms with E-state index < -0.39 is 5.60 Å². The summed E-state index contributed by atoms with van der Waals surface area (Å²) in [5, 5.41) is 12.0. The van der Waals surface area contributed by atoms with Gasteiger partial charge in [-0.15, -0.1) is 0 Å². The number of benzene rings is 5. The van der Waals surface area contributed by atoms with Crippen LogP contribution in [0.2, 0.25) is 0 Å². The highest BCUT2D eigenvalue weighted by Crippen LogP contribution is 2.43. The van der Waals surface area contributed by atoms with E-state index in [1.807, 2.05) is 24.3 Å². The monoisotopic (exact) mass is 567 g/mol. The summed E-state index contributed by atoms with van der Waals surface area (Å²) >= 11 is 0. The van der Waals surface area contributed by atoms with Gasteiger partial charge < -0.3 is 9.64 Å². The summed E-state index contributed by atoms with van der Waals surface area (Å²) in [5.74, 6) is 0.668. The quantitative estimate of drug-likeness (QED) is 0.157. The molecule has 0 saturated carbocycles. The van der Waals surface area contributed by atoms with Gasteiger partial charge in [-0.2, -0.15) is 0 Å². The molecule has 5 aromatic rings. The minimum absolute atomic E-state index is 0.133. The predicted molar refractivity (Wildman–Crippen MR) is 177 cm³/mol. The van der Waals surface area contributed by atoms with Crippen LogP contribution in [0.25, 0.3) is 21.7 Å². The molecule has 210 valence electrons. The van der Waals surface area contributed by atoms with Crippen molar-refractivity contribution in [3.8, 4) is 6.07 Å². The maximum Gasteiger partial charge on any atom is 0.265 e. The second-order valence-corrected chi connectivity index (χ2v) is 11.3. The van der Waals surface area contributed by atoms with E-state index in [-0.39, 0.29) is 5.70 Å². The molecule has 0 radical (unpaired) electrons. The summed E-state index contributed by atoms with van der Waals surface area (Å²) in [4.78, 5) is 5.81. The molecule has 0 N–H and O–H groups in total. The van der Waals surface area contributed by atoms with Crippen LogP contribution in [-0.4, -0.2) is 5.60 Å². The third-order valence-electron chi connectivity index (χ3n) is 8.44. The molecule has 0 saturated heterocycles. The van der Waals surface area contributed by atoms with Crippen LogP contribution in [0.3, 0.4) is 0 Å². The molecule has 1 aliphatic carbocycles. The third-order valence-corrected chi connectivity index (χ3v) is 8.44. The Kier molecular flexibility index (Phi) is 7.03. The predicted octanol–water partition coefficient (Wildman–Crippen LogP) is 9.86. The molecule has 1 heterocycles. The number of ether oxygens (including phenoxy) is 1. The molecule has 0 bridgehead atoms. The third kappa shape index (κ3) is 5.15. The number of para-hydroxylation sites is 1. The lowest BCUT2D eigenvalue weighted by Crippen LogP contribution is -2.36. The highest BCUT2D eigenvalue weighted by Gasteiger charge is 2.42. The zero-order chi connectivity index (χ0) is 29.9. The molecule has 4 nitrogen and oxygen atoms in total. The molecule has 1 spiro atoms. The van der Waals surface area contributed by atoms with Crippen molar-refractivity contribution >= 4 is 33.9 Å². The minimum Gasteiger partial charge on any atom is -0.486 e. The second-order valence-electron chi connectivity index (χ2n) is 11.3. The molecule has 2 aliphatic rings. The fourth-order valence-corrected chi connectivity index (χ4v) is 6.46. The van der Waals surface area contributed by atoms with Crippen LogP contribution in [-0.2, 0) is 17.6 Å². The lowest BCUT2D eigenvalue weighted by Gasteiger charge is -2.35. The molecule has 0 aromatic heterocycles. The molecular formula is C40H29N3O. The van der Waals surface area contributed by atoms with Gasteiger partial charge in [0, 0.05) is 36.0 Å². The van der Waals surface area contributed by atoms with Crippen LogP contribution in [0.5, 0.6) is 0 Å². The lowest BCUT2D eigenvalue weighted by molar-refractivity contribution is 0.0108. The Balaban J connectivity index is 1.21. The number of hydrogen-bond donors (Lipinski definition) is 0. The van der Waals surface area contributed by atoms with Crippen LogP contribution in [0.15, 0.2) is 151 Å². The topological polar surface area (TPSA) is 40.6 Å². The normalized spacial score (nSPS) is 16.1. The second kappa shape index (κ2) is 11.4. The zero-order valence-corrected chi connectivity index (χ0v) is 24.2. The van der Waals surface area contributed by atoms with Crippen molar-refractivity contribution in [3.05, 3.63) is 179 Å². The summed E-state index contributed by atoms with van der Waals surface area (Å²) in [6.07, 6.45) is 7.90. The Morgan fingerprint density at radius 2 is 1.41 bits per heavy atom. The van der Waals surface area contributed by atoms with Gasteiger partial charge in [0.25, 0.3) is 5.70 Å². The average molecular weight is 568 g/mol. The van der Waals surface area contributed by atoms with Crippen molar-refractivity contribution in [1.82, 2.24) is 0 Å². The van der Waals surface area contributed by atoms with Crippen molar-refractivity contribution in [1.29, 1.82) is 5.26 Å². The van der Waals surface area contributed by atoms with Crippen LogP contribution >= 0.6 is 0 Å². The first-order chi connectivity index (χ1) is 21.6. The Bertz CT molecular complexity index is 1990. The van der Waals surface area contributed by atoms with Gasteiger partial charge in [-0.05, 0) is 70.1 Å². The Morgan fingerprint density at radius 1 is 0.750 bits per heavy atom. The number of rotatable bonds is 5.